The molecule has 140 valence electrons. The monoisotopic (exact) mass is 369 g/mol. The highest BCUT2D eigenvalue weighted by molar-refractivity contribution is 6.46. The van der Waals surface area contributed by atoms with Gasteiger partial charge in [-0.2, -0.15) is 0 Å². The SMILES string of the molecule is C[NH+](C)CCN1C(=O)C(=O)/C(=C(\O)c2ccc(F)cc2)[C@H]1c1ccccc1. The molecule has 2 N–H and O–H groups in total. The van der Waals surface area contributed by atoms with Crippen LogP contribution in [0.5, 0.6) is 0 Å². The van der Waals surface area contributed by atoms with Crippen molar-refractivity contribution in [1.29, 1.82) is 0 Å². The molecule has 6 heteroatoms. The third-order valence-corrected chi connectivity index (χ3v) is 4.63. The Morgan fingerprint density at radius 2 is 1.70 bits per heavy atom. The molecule has 5 nitrogen and oxygen atoms in total. The zero-order valence-corrected chi connectivity index (χ0v) is 15.3. The molecule has 1 amide bonds. The van der Waals surface area contributed by atoms with E-state index >= 15 is 0 Å². The van der Waals surface area contributed by atoms with Crippen molar-refractivity contribution >= 4 is 17.4 Å². The van der Waals surface area contributed by atoms with Crippen LogP contribution in [0.4, 0.5) is 4.39 Å². The number of nitrogens with one attached hydrogen (secondary N) is 1. The van der Waals surface area contributed by atoms with Crippen molar-refractivity contribution < 1.29 is 24.0 Å². The molecule has 3 rings (SSSR count). The predicted molar refractivity (Wildman–Crippen MR) is 99.5 cm³/mol. The van der Waals surface area contributed by atoms with Crippen molar-refractivity contribution in [3.63, 3.8) is 0 Å². The predicted octanol–water partition coefficient (Wildman–Crippen LogP) is 1.39. The van der Waals surface area contributed by atoms with E-state index in [1.54, 1.807) is 0 Å². The summed E-state index contributed by atoms with van der Waals surface area (Å²) in [7, 11) is 3.93. The molecule has 0 radical (unpaired) electrons. The van der Waals surface area contributed by atoms with Crippen molar-refractivity contribution in [3.8, 4) is 0 Å². The van der Waals surface area contributed by atoms with Crippen LogP contribution in [0, 0.1) is 5.82 Å². The molecule has 0 bridgehead atoms. The van der Waals surface area contributed by atoms with Gasteiger partial charge in [0.15, 0.2) is 0 Å². The summed E-state index contributed by atoms with van der Waals surface area (Å²) >= 11 is 0. The van der Waals surface area contributed by atoms with E-state index in [1.807, 2.05) is 44.4 Å². The Hall–Kier alpha value is -2.99. The number of quaternary nitrogens is 1. The third kappa shape index (κ3) is 3.75. The van der Waals surface area contributed by atoms with Crippen molar-refractivity contribution in [2.45, 2.75) is 6.04 Å². The zero-order chi connectivity index (χ0) is 19.6. The zero-order valence-electron chi connectivity index (χ0n) is 15.3. The van der Waals surface area contributed by atoms with E-state index in [1.165, 1.54) is 29.2 Å². The van der Waals surface area contributed by atoms with Gasteiger partial charge in [0, 0.05) is 5.56 Å². The molecule has 0 saturated carbocycles. The van der Waals surface area contributed by atoms with E-state index in [0.29, 0.717) is 18.7 Å². The van der Waals surface area contributed by atoms with Crippen LogP contribution in [0.25, 0.3) is 5.76 Å². The number of Topliss-reactive ketones (excluding diaryl/α,β-unsaturated/α-hetero) is 1. The van der Waals surface area contributed by atoms with Crippen LogP contribution >= 0.6 is 0 Å². The highest BCUT2D eigenvalue weighted by Crippen LogP contribution is 2.38. The highest BCUT2D eigenvalue weighted by atomic mass is 19.1. The van der Waals surface area contributed by atoms with Crippen LogP contribution in [0.3, 0.4) is 0 Å². The Bertz CT molecular complexity index is 876. The Kier molecular flexibility index (Phi) is 5.37. The van der Waals surface area contributed by atoms with Gasteiger partial charge in [0.05, 0.1) is 38.8 Å². The number of carbonyl (C=O) groups excluding carboxylic acids is 2. The van der Waals surface area contributed by atoms with E-state index < -0.39 is 23.5 Å². The van der Waals surface area contributed by atoms with Gasteiger partial charge in [-0.25, -0.2) is 4.39 Å². The molecule has 0 unspecified atom stereocenters. The summed E-state index contributed by atoms with van der Waals surface area (Å²) in [5.74, 6) is -2.09. The number of ketones is 1. The molecule has 1 aliphatic rings. The molecule has 0 aliphatic carbocycles. The molecule has 2 aromatic rings. The Labute approximate surface area is 157 Å². The number of rotatable bonds is 5. The average Bonchev–Trinajstić information content (AvgIpc) is 2.91. The molecule has 1 fully saturated rings. The molecule has 0 spiro atoms. The van der Waals surface area contributed by atoms with Gasteiger partial charge in [-0.05, 0) is 29.8 Å². The average molecular weight is 369 g/mol. The fraction of sp³-hybridized carbons (Fsp3) is 0.238. The van der Waals surface area contributed by atoms with Gasteiger partial charge in [-0.15, -0.1) is 0 Å². The standard InChI is InChI=1S/C21H21FN2O3/c1-23(2)12-13-24-18(14-6-4-3-5-7-14)17(20(26)21(24)27)19(25)15-8-10-16(22)11-9-15/h3-11,18,25H,12-13H2,1-2H3/p+1/b19-17-/t18-/m1/s1. The van der Waals surface area contributed by atoms with Gasteiger partial charge in [-0.3, -0.25) is 9.59 Å². The van der Waals surface area contributed by atoms with Crippen LogP contribution in [0.2, 0.25) is 0 Å². The largest absolute Gasteiger partial charge is 0.507 e. The van der Waals surface area contributed by atoms with Gasteiger partial charge in [0.1, 0.15) is 11.6 Å². The lowest BCUT2D eigenvalue weighted by molar-refractivity contribution is -0.857. The van der Waals surface area contributed by atoms with Gasteiger partial charge >= 0.3 is 0 Å². The second kappa shape index (κ2) is 7.72. The highest BCUT2D eigenvalue weighted by Gasteiger charge is 2.46. The van der Waals surface area contributed by atoms with Crippen LogP contribution in [-0.4, -0.2) is 48.9 Å². The molecular formula is C21H22FN2O3+. The summed E-state index contributed by atoms with van der Waals surface area (Å²) in [6.07, 6.45) is 0. The third-order valence-electron chi connectivity index (χ3n) is 4.63. The quantitative estimate of drug-likeness (QED) is 0.476. The van der Waals surface area contributed by atoms with Crippen LogP contribution in [-0.2, 0) is 9.59 Å². The Balaban J connectivity index is 2.12. The van der Waals surface area contributed by atoms with Crippen LogP contribution in [0.15, 0.2) is 60.2 Å². The first-order chi connectivity index (χ1) is 12.9. The molecule has 0 aromatic heterocycles. The fourth-order valence-electron chi connectivity index (χ4n) is 3.20. The second-order valence-electron chi connectivity index (χ2n) is 6.87. The molecule has 2 aromatic carbocycles. The number of amides is 1. The number of aliphatic hydroxyl groups is 1. The van der Waals surface area contributed by atoms with E-state index in [2.05, 4.69) is 0 Å². The van der Waals surface area contributed by atoms with Gasteiger partial charge in [0.2, 0.25) is 0 Å². The minimum atomic E-state index is -0.723. The van der Waals surface area contributed by atoms with Crippen LogP contribution < -0.4 is 4.90 Å². The number of benzene rings is 2. The summed E-state index contributed by atoms with van der Waals surface area (Å²) in [6, 6.07) is 13.7. The lowest BCUT2D eigenvalue weighted by Crippen LogP contribution is -3.06. The first-order valence-electron chi connectivity index (χ1n) is 8.78. The molecule has 27 heavy (non-hydrogen) atoms. The Morgan fingerprint density at radius 1 is 1.07 bits per heavy atom. The Morgan fingerprint density at radius 3 is 2.30 bits per heavy atom. The van der Waals surface area contributed by atoms with Gasteiger partial charge in [-0.1, -0.05) is 30.3 Å². The maximum absolute atomic E-state index is 13.2. The molecule has 1 atom stereocenters. The number of halogens is 1. The molecule has 1 heterocycles. The topological polar surface area (TPSA) is 62.0 Å². The normalized spacial score (nSPS) is 19.1. The van der Waals surface area contributed by atoms with E-state index in [-0.39, 0.29) is 11.3 Å². The minimum absolute atomic E-state index is 0.0339. The van der Waals surface area contributed by atoms with E-state index in [4.69, 9.17) is 0 Å². The number of carbonyl (C=O) groups is 2. The van der Waals surface area contributed by atoms with Gasteiger partial charge < -0.3 is 14.9 Å². The summed E-state index contributed by atoms with van der Waals surface area (Å²) in [5.41, 5.74) is 1.08. The molecule has 1 aliphatic heterocycles. The van der Waals surface area contributed by atoms with Crippen molar-refractivity contribution in [3.05, 3.63) is 77.1 Å². The van der Waals surface area contributed by atoms with E-state index in [0.717, 1.165) is 10.5 Å². The lowest BCUT2D eigenvalue weighted by atomic mass is 9.95. The number of aliphatic hydroxyl groups excluding tert-OH is 1. The van der Waals surface area contributed by atoms with Crippen molar-refractivity contribution in [1.82, 2.24) is 4.90 Å². The number of hydrogen-bond acceptors (Lipinski definition) is 3. The minimum Gasteiger partial charge on any atom is -0.507 e. The second-order valence-corrected chi connectivity index (χ2v) is 6.87. The number of likely N-dealkylation sites (tertiary alicyclic amines) is 1. The van der Waals surface area contributed by atoms with E-state index in [9.17, 15) is 19.1 Å². The number of nitrogens with zero attached hydrogens (tertiary/aromatic N) is 1. The summed E-state index contributed by atoms with van der Waals surface area (Å²) in [4.78, 5) is 28.0. The maximum atomic E-state index is 13.2. The van der Waals surface area contributed by atoms with Crippen LogP contribution in [0.1, 0.15) is 17.2 Å². The molecule has 1 saturated heterocycles. The van der Waals surface area contributed by atoms with Crippen molar-refractivity contribution in [2.24, 2.45) is 0 Å². The first kappa shape index (κ1) is 18.8. The first-order valence-corrected chi connectivity index (χ1v) is 8.78. The lowest BCUT2D eigenvalue weighted by Gasteiger charge is -2.25. The van der Waals surface area contributed by atoms with Gasteiger partial charge in [0.25, 0.3) is 11.7 Å². The number of hydrogen-bond donors (Lipinski definition) is 2. The summed E-state index contributed by atoms with van der Waals surface area (Å²) in [5, 5.41) is 10.8. The summed E-state index contributed by atoms with van der Waals surface area (Å²) in [6.45, 7) is 1.04. The molecular weight excluding hydrogens is 347 g/mol. The fourth-order valence-corrected chi connectivity index (χ4v) is 3.20. The summed E-state index contributed by atoms with van der Waals surface area (Å²) < 4.78 is 13.2. The van der Waals surface area contributed by atoms with Crippen molar-refractivity contribution in [2.75, 3.05) is 27.2 Å². The smallest absolute Gasteiger partial charge is 0.295 e. The number of likely N-dealkylation sites (N-methyl/N-ethyl adjacent to an activating group) is 1. The maximum Gasteiger partial charge on any atom is 0.295 e.